The highest BCUT2D eigenvalue weighted by atomic mass is 15.2. The van der Waals surface area contributed by atoms with Crippen LogP contribution in [0.2, 0.25) is 0 Å². The van der Waals surface area contributed by atoms with Gasteiger partial charge in [-0.05, 0) is 58.4 Å². The highest BCUT2D eigenvalue weighted by Crippen LogP contribution is 2.36. The third-order valence-electron chi connectivity index (χ3n) is 5.18. The minimum atomic E-state index is 0.247. The molecular formula is C17H34N2. The van der Waals surface area contributed by atoms with Crippen LogP contribution in [-0.4, -0.2) is 36.1 Å². The summed E-state index contributed by atoms with van der Waals surface area (Å²) < 4.78 is 0. The predicted octanol–water partition coefficient (Wildman–Crippen LogP) is 3.67. The number of piperidine rings is 1. The third kappa shape index (κ3) is 4.46. The van der Waals surface area contributed by atoms with Gasteiger partial charge in [-0.1, -0.05) is 26.2 Å². The van der Waals surface area contributed by atoms with E-state index in [0.717, 1.165) is 24.4 Å². The smallest absolute Gasteiger partial charge is 0.0218 e. The second kappa shape index (κ2) is 6.58. The van der Waals surface area contributed by atoms with Crippen molar-refractivity contribution in [3.8, 4) is 0 Å². The van der Waals surface area contributed by atoms with E-state index in [2.05, 4.69) is 37.9 Å². The van der Waals surface area contributed by atoms with Crippen molar-refractivity contribution in [2.24, 2.45) is 11.8 Å². The minimum Gasteiger partial charge on any atom is -0.311 e. The van der Waals surface area contributed by atoms with E-state index in [0.29, 0.717) is 0 Å². The first-order valence-electron chi connectivity index (χ1n) is 8.48. The average molecular weight is 266 g/mol. The standard InChI is InChI=1S/C17H34N2/c1-5-16(12-18-17(2,3)4)19-11-10-14-8-6-7-9-15(14)13-19/h14-16,18H,5-13H2,1-4H3. The van der Waals surface area contributed by atoms with E-state index in [-0.39, 0.29) is 5.54 Å². The first-order chi connectivity index (χ1) is 8.99. The lowest BCUT2D eigenvalue weighted by Crippen LogP contribution is -2.52. The zero-order valence-corrected chi connectivity index (χ0v) is 13.5. The summed E-state index contributed by atoms with van der Waals surface area (Å²) in [5.74, 6) is 2.06. The highest BCUT2D eigenvalue weighted by molar-refractivity contribution is 4.87. The molecule has 2 aliphatic rings. The maximum atomic E-state index is 3.70. The van der Waals surface area contributed by atoms with E-state index in [4.69, 9.17) is 0 Å². The Hall–Kier alpha value is -0.0800. The summed E-state index contributed by atoms with van der Waals surface area (Å²) in [6, 6.07) is 0.738. The van der Waals surface area contributed by atoms with E-state index in [1.54, 1.807) is 0 Å². The van der Waals surface area contributed by atoms with E-state index in [9.17, 15) is 0 Å². The molecule has 3 atom stereocenters. The van der Waals surface area contributed by atoms with Gasteiger partial charge in [0.1, 0.15) is 0 Å². The second-order valence-corrected chi connectivity index (χ2v) is 7.78. The van der Waals surface area contributed by atoms with Gasteiger partial charge >= 0.3 is 0 Å². The van der Waals surface area contributed by atoms with Gasteiger partial charge in [0.2, 0.25) is 0 Å². The summed E-state index contributed by atoms with van der Waals surface area (Å²) in [6.45, 7) is 13.0. The monoisotopic (exact) mass is 266 g/mol. The molecule has 1 aliphatic heterocycles. The molecule has 1 saturated carbocycles. The SMILES string of the molecule is CCC(CNC(C)(C)C)N1CCC2CCCCC2C1. The van der Waals surface area contributed by atoms with E-state index < -0.39 is 0 Å². The lowest BCUT2D eigenvalue weighted by atomic mass is 9.75. The van der Waals surface area contributed by atoms with Crippen molar-refractivity contribution >= 4 is 0 Å². The number of nitrogens with one attached hydrogen (secondary N) is 1. The van der Waals surface area contributed by atoms with Crippen LogP contribution in [0.3, 0.4) is 0 Å². The fraction of sp³-hybridized carbons (Fsp3) is 1.00. The average Bonchev–Trinajstić information content (AvgIpc) is 2.38. The fourth-order valence-electron chi connectivity index (χ4n) is 3.92. The Morgan fingerprint density at radius 3 is 2.42 bits per heavy atom. The van der Waals surface area contributed by atoms with Crippen LogP contribution in [0.1, 0.15) is 66.2 Å². The Morgan fingerprint density at radius 2 is 1.79 bits per heavy atom. The van der Waals surface area contributed by atoms with Gasteiger partial charge in [-0.25, -0.2) is 0 Å². The molecule has 2 rings (SSSR count). The van der Waals surface area contributed by atoms with Crippen molar-refractivity contribution in [2.75, 3.05) is 19.6 Å². The lowest BCUT2D eigenvalue weighted by molar-refractivity contribution is 0.0531. The van der Waals surface area contributed by atoms with Crippen molar-refractivity contribution in [3.63, 3.8) is 0 Å². The normalized spacial score (nSPS) is 30.9. The van der Waals surface area contributed by atoms with Crippen LogP contribution < -0.4 is 5.32 Å². The molecule has 1 saturated heterocycles. The maximum absolute atomic E-state index is 3.70. The van der Waals surface area contributed by atoms with Crippen molar-refractivity contribution in [3.05, 3.63) is 0 Å². The number of rotatable bonds is 4. The van der Waals surface area contributed by atoms with Gasteiger partial charge in [-0.15, -0.1) is 0 Å². The molecule has 1 N–H and O–H groups in total. The lowest BCUT2D eigenvalue weighted by Gasteiger charge is -2.44. The molecule has 0 amide bonds. The fourth-order valence-corrected chi connectivity index (χ4v) is 3.92. The molecule has 0 bridgehead atoms. The first kappa shape index (κ1) is 15.3. The molecule has 3 unspecified atom stereocenters. The van der Waals surface area contributed by atoms with Gasteiger partial charge < -0.3 is 5.32 Å². The summed E-state index contributed by atoms with van der Waals surface area (Å²) in [5, 5.41) is 3.70. The molecule has 2 fully saturated rings. The molecule has 0 spiro atoms. The van der Waals surface area contributed by atoms with Gasteiger partial charge in [-0.3, -0.25) is 4.90 Å². The first-order valence-corrected chi connectivity index (χ1v) is 8.48. The number of likely N-dealkylation sites (tertiary alicyclic amines) is 1. The molecule has 112 valence electrons. The molecule has 0 aromatic carbocycles. The van der Waals surface area contributed by atoms with Crippen LogP contribution in [0.15, 0.2) is 0 Å². The summed E-state index contributed by atoms with van der Waals surface area (Å²) in [7, 11) is 0. The summed E-state index contributed by atoms with van der Waals surface area (Å²) in [6.07, 6.45) is 8.70. The van der Waals surface area contributed by atoms with Crippen molar-refractivity contribution < 1.29 is 0 Å². The molecule has 1 heterocycles. The second-order valence-electron chi connectivity index (χ2n) is 7.78. The van der Waals surface area contributed by atoms with Gasteiger partial charge in [0.05, 0.1) is 0 Å². The number of fused-ring (bicyclic) bond motifs is 1. The van der Waals surface area contributed by atoms with Gasteiger partial charge in [0, 0.05) is 24.7 Å². The predicted molar refractivity (Wildman–Crippen MR) is 83.5 cm³/mol. The molecule has 0 aromatic rings. The third-order valence-corrected chi connectivity index (χ3v) is 5.18. The topological polar surface area (TPSA) is 15.3 Å². The molecule has 19 heavy (non-hydrogen) atoms. The summed E-state index contributed by atoms with van der Waals surface area (Å²) >= 11 is 0. The van der Waals surface area contributed by atoms with Crippen LogP contribution in [0.5, 0.6) is 0 Å². The Bertz CT molecular complexity index is 269. The Kier molecular flexibility index (Phi) is 5.30. The Balaban J connectivity index is 1.85. The van der Waals surface area contributed by atoms with Gasteiger partial charge in [-0.2, -0.15) is 0 Å². The summed E-state index contributed by atoms with van der Waals surface area (Å²) in [5.41, 5.74) is 0.247. The molecule has 1 aliphatic carbocycles. The van der Waals surface area contributed by atoms with Crippen molar-refractivity contribution in [1.82, 2.24) is 10.2 Å². The largest absolute Gasteiger partial charge is 0.311 e. The van der Waals surface area contributed by atoms with Crippen molar-refractivity contribution in [2.45, 2.75) is 77.8 Å². The van der Waals surface area contributed by atoms with E-state index in [1.165, 1.54) is 51.6 Å². The number of nitrogens with zero attached hydrogens (tertiary/aromatic N) is 1. The molecule has 2 nitrogen and oxygen atoms in total. The van der Waals surface area contributed by atoms with E-state index >= 15 is 0 Å². The van der Waals surface area contributed by atoms with Crippen molar-refractivity contribution in [1.29, 1.82) is 0 Å². The van der Waals surface area contributed by atoms with Gasteiger partial charge in [0.25, 0.3) is 0 Å². The number of hydrogen-bond donors (Lipinski definition) is 1. The Labute approximate surface area is 120 Å². The van der Waals surface area contributed by atoms with Crippen LogP contribution in [0, 0.1) is 11.8 Å². The van der Waals surface area contributed by atoms with Crippen LogP contribution >= 0.6 is 0 Å². The van der Waals surface area contributed by atoms with E-state index in [1.807, 2.05) is 0 Å². The zero-order valence-electron chi connectivity index (χ0n) is 13.5. The highest BCUT2D eigenvalue weighted by Gasteiger charge is 2.33. The van der Waals surface area contributed by atoms with Gasteiger partial charge in [0.15, 0.2) is 0 Å². The van der Waals surface area contributed by atoms with Crippen LogP contribution in [0.4, 0.5) is 0 Å². The maximum Gasteiger partial charge on any atom is 0.0218 e. The molecular weight excluding hydrogens is 232 g/mol. The minimum absolute atomic E-state index is 0.247. The molecule has 0 aromatic heterocycles. The van der Waals surface area contributed by atoms with Crippen LogP contribution in [-0.2, 0) is 0 Å². The molecule has 2 heteroatoms. The van der Waals surface area contributed by atoms with Crippen LogP contribution in [0.25, 0.3) is 0 Å². The zero-order chi connectivity index (χ0) is 13.9. The molecule has 0 radical (unpaired) electrons. The number of hydrogen-bond acceptors (Lipinski definition) is 2. The summed E-state index contributed by atoms with van der Waals surface area (Å²) in [4.78, 5) is 2.78. The Morgan fingerprint density at radius 1 is 1.11 bits per heavy atom. The quantitative estimate of drug-likeness (QED) is 0.835.